The summed E-state index contributed by atoms with van der Waals surface area (Å²) >= 11 is 0. The number of rotatable bonds is 0. The van der Waals surface area contributed by atoms with Crippen LogP contribution in [0, 0.1) is 45.3 Å². The van der Waals surface area contributed by atoms with Crippen molar-refractivity contribution in [1.82, 2.24) is 19.9 Å². The molecule has 4 aliphatic heterocycles. The van der Waals surface area contributed by atoms with Crippen molar-refractivity contribution in [2.75, 3.05) is 26.4 Å². The zero-order chi connectivity index (χ0) is 61.8. The zero-order valence-corrected chi connectivity index (χ0v) is 55.0. The number of carbonyl (C=O) groups is 4. The maximum atomic E-state index is 14.5. The molecule has 8 atom stereocenters. The van der Waals surface area contributed by atoms with Gasteiger partial charge in [-0.15, -0.1) is 0 Å². The summed E-state index contributed by atoms with van der Waals surface area (Å²) in [6.07, 6.45) is 40.7. The molecule has 12 nitrogen and oxygen atoms in total. The molecule has 0 spiro atoms. The Kier molecular flexibility index (Phi) is 20.0. The first-order valence-corrected chi connectivity index (χ1v) is 35.3. The summed E-state index contributed by atoms with van der Waals surface area (Å²) in [7, 11) is 0. The first-order valence-electron chi connectivity index (χ1n) is 35.3. The Balaban J connectivity index is 1.05. The molecule has 4 saturated carbocycles. The summed E-state index contributed by atoms with van der Waals surface area (Å²) in [5.74, 6) is -3.21. The molecule has 3 aromatic heterocycles. The van der Waals surface area contributed by atoms with Gasteiger partial charge in [-0.2, -0.15) is 0 Å². The summed E-state index contributed by atoms with van der Waals surface area (Å²) in [6.45, 7) is 19.0. The third-order valence-electron chi connectivity index (χ3n) is 22.5. The van der Waals surface area contributed by atoms with E-state index in [9.17, 15) is 19.2 Å². The second kappa shape index (κ2) is 27.5. The number of aromatic nitrogens is 4. The zero-order valence-electron chi connectivity index (χ0n) is 55.0. The molecule has 4 aliphatic carbocycles. The highest BCUT2D eigenvalue weighted by Gasteiger charge is 2.68. The second-order valence-electron chi connectivity index (χ2n) is 30.3. The van der Waals surface area contributed by atoms with Crippen molar-refractivity contribution in [2.45, 2.75) is 259 Å². The molecule has 8 unspecified atom stereocenters. The number of esters is 4. The van der Waals surface area contributed by atoms with Crippen molar-refractivity contribution in [3.63, 3.8) is 0 Å². The van der Waals surface area contributed by atoms with Gasteiger partial charge in [-0.05, 0) is 95.9 Å². The van der Waals surface area contributed by atoms with E-state index in [-0.39, 0.29) is 53.5 Å². The lowest BCUT2D eigenvalue weighted by atomic mass is 10.00. The Morgan fingerprint density at radius 1 is 0.284 bits per heavy atom. The first kappa shape index (κ1) is 64.0. The molecular formula is C76H106N4O8. The van der Waals surface area contributed by atoms with Crippen molar-refractivity contribution < 1.29 is 38.1 Å². The van der Waals surface area contributed by atoms with Gasteiger partial charge in [-0.25, -0.2) is 9.97 Å². The second-order valence-corrected chi connectivity index (χ2v) is 30.3. The van der Waals surface area contributed by atoms with Crippen LogP contribution in [0.2, 0.25) is 0 Å². The van der Waals surface area contributed by atoms with Crippen LogP contribution in [0.25, 0.3) is 46.4 Å². The van der Waals surface area contributed by atoms with Crippen LogP contribution in [-0.2, 0) is 38.1 Å². The van der Waals surface area contributed by atoms with Crippen LogP contribution >= 0.6 is 0 Å². The molecule has 88 heavy (non-hydrogen) atoms. The normalized spacial score (nSPS) is 29.5. The van der Waals surface area contributed by atoms with Gasteiger partial charge in [-0.3, -0.25) is 19.2 Å². The van der Waals surface area contributed by atoms with Crippen molar-refractivity contribution in [3.8, 4) is 0 Å². The molecule has 0 saturated heterocycles. The molecule has 2 N–H and O–H groups in total. The van der Waals surface area contributed by atoms with Gasteiger partial charge in [0.05, 0.1) is 72.9 Å². The number of cyclic esters (lactones) is 4. The molecule has 3 aromatic rings. The van der Waals surface area contributed by atoms with Crippen LogP contribution in [0.3, 0.4) is 0 Å². The fraction of sp³-hybridized carbons (Fsp3) is 0.684. The van der Waals surface area contributed by atoms with E-state index in [2.05, 4.69) is 114 Å². The van der Waals surface area contributed by atoms with Crippen LogP contribution < -0.4 is 0 Å². The quantitative estimate of drug-likeness (QED) is 0.113. The minimum atomic E-state index is -0.464. The number of nitrogens with zero attached hydrogens (tertiary/aromatic N) is 2. The molecule has 0 radical (unpaired) electrons. The average molecular weight is 1200 g/mol. The van der Waals surface area contributed by atoms with Gasteiger partial charge in [0.15, 0.2) is 0 Å². The number of ether oxygens (including phenoxy) is 4. The Hall–Kier alpha value is -5.52. The van der Waals surface area contributed by atoms with Gasteiger partial charge < -0.3 is 28.9 Å². The smallest absolute Gasteiger partial charge is 0.310 e. The molecule has 0 aromatic carbocycles. The van der Waals surface area contributed by atoms with E-state index in [1.807, 2.05) is 0 Å². The highest BCUT2D eigenvalue weighted by molar-refractivity contribution is 5.91. The standard InChI is InChI=1S/C76H106N4O8/c1-73(2)61-57-49-37-38-50(77-49)58(62-66(74(62,3)4)70(82)86-46-34-30-26-22-18-14-10-9-13-17-21-25-29-33-45-85-69(81)65(61)73)55-43-44-56(80-55)60-52-40-39-51(78-52)59(54-42-41-53(57)79-54)63-67(75(63,5)6)71(83)87-47-35-31-27-23-19-15-11-12-16-20-24-28-32-36-48-88-72(84)68-64(60)76(68,7)8/h37-44,61-68,77,79H,9-36,45-48H2,1-8H3. The minimum Gasteiger partial charge on any atom is -0.465 e. The number of nitrogens with one attached hydrogen (secondary N) is 2. The van der Waals surface area contributed by atoms with Crippen LogP contribution in [0.5, 0.6) is 0 Å². The van der Waals surface area contributed by atoms with Gasteiger partial charge in [0, 0.05) is 68.0 Å². The number of aromatic amines is 2. The number of hydrogen-bond acceptors (Lipinski definition) is 10. The van der Waals surface area contributed by atoms with Crippen molar-refractivity contribution in [1.29, 1.82) is 0 Å². The number of fused-ring (bicyclic) bond motifs is 16. The predicted octanol–water partition coefficient (Wildman–Crippen LogP) is 18.7. The van der Waals surface area contributed by atoms with Crippen LogP contribution in [0.4, 0.5) is 0 Å². The summed E-state index contributed by atoms with van der Waals surface area (Å²) in [5.41, 5.74) is 8.32. The Bertz CT molecular complexity index is 3200. The topological polar surface area (TPSA) is 163 Å². The molecule has 7 heterocycles. The first-order chi connectivity index (χ1) is 42.5. The molecule has 8 aliphatic rings. The molecular weight excluding hydrogens is 1100 g/mol. The van der Waals surface area contributed by atoms with Crippen molar-refractivity contribution >= 4 is 70.2 Å². The summed E-state index contributed by atoms with van der Waals surface area (Å²) in [5, 5.41) is 0. The van der Waals surface area contributed by atoms with E-state index in [1.54, 1.807) is 0 Å². The van der Waals surface area contributed by atoms with Crippen LogP contribution in [0.1, 0.15) is 304 Å². The van der Waals surface area contributed by atoms with Gasteiger partial charge in [0.2, 0.25) is 0 Å². The Morgan fingerprint density at radius 3 is 0.727 bits per heavy atom. The molecule has 11 rings (SSSR count). The maximum absolute atomic E-state index is 14.5. The third-order valence-corrected chi connectivity index (χ3v) is 22.5. The monoisotopic (exact) mass is 1200 g/mol. The van der Waals surface area contributed by atoms with Gasteiger partial charge >= 0.3 is 23.9 Å². The minimum absolute atomic E-state index is 0.163. The number of hydrogen-bond donors (Lipinski definition) is 2. The lowest BCUT2D eigenvalue weighted by molar-refractivity contribution is -0.147. The van der Waals surface area contributed by atoms with Crippen LogP contribution in [-0.4, -0.2) is 70.2 Å². The van der Waals surface area contributed by atoms with E-state index >= 15 is 0 Å². The van der Waals surface area contributed by atoms with E-state index in [4.69, 9.17) is 28.9 Å². The van der Waals surface area contributed by atoms with Crippen molar-refractivity contribution in [2.24, 2.45) is 45.3 Å². The largest absolute Gasteiger partial charge is 0.465 e. The van der Waals surface area contributed by atoms with Gasteiger partial charge in [-0.1, -0.05) is 209 Å². The highest BCUT2D eigenvalue weighted by atomic mass is 16.5. The fourth-order valence-corrected chi connectivity index (χ4v) is 16.8. The van der Waals surface area contributed by atoms with E-state index < -0.39 is 39.4 Å². The van der Waals surface area contributed by atoms with Crippen molar-refractivity contribution in [3.05, 3.63) is 69.3 Å². The predicted molar refractivity (Wildman–Crippen MR) is 352 cm³/mol. The lowest BCUT2D eigenvalue weighted by Crippen LogP contribution is -2.11. The lowest BCUT2D eigenvalue weighted by Gasteiger charge is -2.08. The van der Waals surface area contributed by atoms with E-state index in [0.29, 0.717) is 26.4 Å². The average Bonchev–Trinajstić information content (AvgIpc) is 1.58. The van der Waals surface area contributed by atoms with E-state index in [1.165, 1.54) is 103 Å². The molecule has 478 valence electrons. The number of carbonyl (C=O) groups excluding carboxylic acids is 4. The molecule has 12 bridgehead atoms. The van der Waals surface area contributed by atoms with Crippen LogP contribution in [0.15, 0.2) is 24.3 Å². The molecule has 12 heteroatoms. The summed E-state index contributed by atoms with van der Waals surface area (Å²) < 4.78 is 24.8. The Morgan fingerprint density at radius 2 is 0.477 bits per heavy atom. The SMILES string of the molecule is CC1(C)C2C(=O)OCCCCCCCCCCCCCCCCOC(=O)C3C(c4c5nc(c(c6nc(c7c8ccc([nH]8)c(c8ccc4[nH]8)C4C(C(=O)OCCCCCCCCCCCCCCCCOC(=O)C8C7C8(C)C)C4(C)C)C=C6)C21)C=C5)C3(C)C. The number of H-pyrrole nitrogens is 2. The van der Waals surface area contributed by atoms with Gasteiger partial charge in [0.1, 0.15) is 0 Å². The molecule has 0 amide bonds. The summed E-state index contributed by atoms with van der Waals surface area (Å²) in [6, 6.07) is 8.53. The summed E-state index contributed by atoms with van der Waals surface area (Å²) in [4.78, 5) is 77.2. The maximum Gasteiger partial charge on any atom is 0.310 e. The van der Waals surface area contributed by atoms with E-state index in [0.717, 1.165) is 144 Å². The van der Waals surface area contributed by atoms with Gasteiger partial charge in [0.25, 0.3) is 0 Å². The third kappa shape index (κ3) is 13.7. The highest BCUT2D eigenvalue weighted by Crippen LogP contribution is 2.70. The fourth-order valence-electron chi connectivity index (χ4n) is 16.8. The Labute approximate surface area is 525 Å². The molecule has 4 fully saturated rings.